The molecule has 0 saturated carbocycles. The number of fused-ring (bicyclic) bond motifs is 1. The first-order valence-electron chi connectivity index (χ1n) is 9.76. The van der Waals surface area contributed by atoms with Gasteiger partial charge in [-0.1, -0.05) is 20.8 Å². The molecule has 4 N–H and O–H groups in total. The second-order valence-electron chi connectivity index (χ2n) is 8.97. The minimum absolute atomic E-state index is 0.0392. The lowest BCUT2D eigenvalue weighted by Crippen LogP contribution is -2.46. The smallest absolute Gasteiger partial charge is 0.333 e. The molecule has 2 aromatic heterocycles. The van der Waals surface area contributed by atoms with E-state index in [2.05, 4.69) is 48.9 Å². The summed E-state index contributed by atoms with van der Waals surface area (Å²) in [6, 6.07) is 0. The maximum absolute atomic E-state index is 11.4. The van der Waals surface area contributed by atoms with Crippen molar-refractivity contribution >= 4 is 47.2 Å². The Balaban J connectivity index is 1.95. The summed E-state index contributed by atoms with van der Waals surface area (Å²) in [6.07, 6.45) is 2.12. The fourth-order valence-corrected chi connectivity index (χ4v) is 5.40. The van der Waals surface area contributed by atoms with Crippen LogP contribution in [-0.4, -0.2) is 61.6 Å². The molecule has 14 heteroatoms. The highest BCUT2D eigenvalue weighted by atomic mass is 32.2. The lowest BCUT2D eigenvalue weighted by molar-refractivity contribution is -0.0395. The van der Waals surface area contributed by atoms with Gasteiger partial charge in [0.05, 0.1) is 18.1 Å². The third kappa shape index (κ3) is 5.21. The van der Waals surface area contributed by atoms with Crippen molar-refractivity contribution < 1.29 is 21.8 Å². The Hall–Kier alpha value is -1.29. The van der Waals surface area contributed by atoms with E-state index in [9.17, 15) is 8.42 Å². The van der Waals surface area contributed by atoms with Gasteiger partial charge in [-0.05, 0) is 24.4 Å². The van der Waals surface area contributed by atoms with Gasteiger partial charge in [-0.3, -0.25) is 4.18 Å². The number of anilines is 1. The molecule has 0 bridgehead atoms. The molecule has 1 saturated heterocycles. The molecule has 0 aromatic carbocycles. The van der Waals surface area contributed by atoms with Gasteiger partial charge in [-0.15, -0.1) is 11.8 Å². The zero-order valence-corrected chi connectivity index (χ0v) is 21.2. The van der Waals surface area contributed by atoms with Gasteiger partial charge in [0.25, 0.3) is 0 Å². The van der Waals surface area contributed by atoms with Crippen LogP contribution in [0.3, 0.4) is 0 Å². The molecule has 1 aliphatic heterocycles. The van der Waals surface area contributed by atoms with Crippen LogP contribution in [0.15, 0.2) is 11.4 Å². The van der Waals surface area contributed by atoms with Crippen molar-refractivity contribution in [2.24, 2.45) is 5.14 Å². The van der Waals surface area contributed by atoms with Crippen molar-refractivity contribution in [2.75, 3.05) is 18.6 Å². The fraction of sp³-hybridized carbons (Fsp3) is 0.706. The number of thioether (sulfide) groups is 1. The van der Waals surface area contributed by atoms with E-state index in [1.807, 2.05) is 6.26 Å². The molecule has 0 unspecified atom stereocenters. The molecule has 3 rings (SSSR count). The number of nitrogens with zero attached hydrogens (tertiary/aromatic N) is 4. The zero-order valence-electron chi connectivity index (χ0n) is 18.5. The van der Waals surface area contributed by atoms with E-state index in [0.29, 0.717) is 28.3 Å². The summed E-state index contributed by atoms with van der Waals surface area (Å²) in [5.41, 5.74) is 6.59. The van der Waals surface area contributed by atoms with Crippen molar-refractivity contribution in [3.05, 3.63) is 6.33 Å². The van der Waals surface area contributed by atoms with Gasteiger partial charge in [0.2, 0.25) is 0 Å². The summed E-state index contributed by atoms with van der Waals surface area (Å²) in [5.74, 6) is 0.335. The molecule has 2 aromatic rings. The van der Waals surface area contributed by atoms with E-state index < -0.39 is 37.1 Å². The monoisotopic (exact) mass is 490 g/mol. The van der Waals surface area contributed by atoms with Crippen LogP contribution < -0.4 is 10.9 Å². The van der Waals surface area contributed by atoms with Crippen LogP contribution in [0.4, 0.5) is 5.82 Å². The minimum atomic E-state index is -4.12. The van der Waals surface area contributed by atoms with Crippen molar-refractivity contribution in [1.29, 1.82) is 0 Å². The Morgan fingerprint density at radius 3 is 2.61 bits per heavy atom. The summed E-state index contributed by atoms with van der Waals surface area (Å²) >= 11 is 1.43. The molecule has 0 aliphatic carbocycles. The molecule has 0 radical (unpaired) electrons. The molecule has 11 nitrogen and oxygen atoms in total. The topological polar surface area (TPSA) is 157 Å². The largest absolute Gasteiger partial charge is 0.411 e. The Morgan fingerprint density at radius 2 is 2.03 bits per heavy atom. The average molecular weight is 491 g/mol. The Morgan fingerprint density at radius 1 is 1.35 bits per heavy atom. The standard InChI is InChI=1S/C17H30N6O5S2Si/c1-17(2,3)31(5,6)28-10-7-12(27-11(10)8-26-30(19,24)25)23-15-13(16(22-23)29-4)14(18)20-9-21-15/h9-12H,7-8H2,1-6H3,(H2,18,20,21)(H2,19,24,25)/t10-,11+,12+/m0/s1. The number of hydrogen-bond donors (Lipinski definition) is 2. The zero-order chi connectivity index (χ0) is 23.2. The van der Waals surface area contributed by atoms with Gasteiger partial charge >= 0.3 is 10.3 Å². The normalized spacial score (nSPS) is 23.0. The van der Waals surface area contributed by atoms with Gasteiger partial charge in [0.1, 0.15) is 23.3 Å². The number of rotatable bonds is 7. The van der Waals surface area contributed by atoms with Gasteiger partial charge in [0.15, 0.2) is 20.2 Å². The third-order valence-electron chi connectivity index (χ3n) is 5.78. The lowest BCUT2D eigenvalue weighted by atomic mass is 10.2. The van der Waals surface area contributed by atoms with Crippen molar-refractivity contribution in [1.82, 2.24) is 19.7 Å². The van der Waals surface area contributed by atoms with E-state index in [1.54, 1.807) is 4.68 Å². The number of nitrogen functional groups attached to an aromatic ring is 1. The molecule has 0 spiro atoms. The van der Waals surface area contributed by atoms with Crippen molar-refractivity contribution in [3.8, 4) is 0 Å². The first-order chi connectivity index (χ1) is 14.2. The number of hydrogen-bond acceptors (Lipinski definition) is 10. The van der Waals surface area contributed by atoms with Crippen LogP contribution in [0.1, 0.15) is 33.4 Å². The van der Waals surface area contributed by atoms with Crippen LogP contribution in [0, 0.1) is 0 Å². The molecular weight excluding hydrogens is 460 g/mol. The first kappa shape index (κ1) is 24.4. The van der Waals surface area contributed by atoms with E-state index in [1.165, 1.54) is 18.1 Å². The molecule has 0 amide bonds. The molecule has 1 aliphatic rings. The highest BCUT2D eigenvalue weighted by Gasteiger charge is 2.46. The highest BCUT2D eigenvalue weighted by Crippen LogP contribution is 2.42. The Labute approximate surface area is 187 Å². The summed E-state index contributed by atoms with van der Waals surface area (Å²) < 4.78 is 41.9. The predicted molar refractivity (Wildman–Crippen MR) is 121 cm³/mol. The Bertz CT molecular complexity index is 1060. The van der Waals surface area contributed by atoms with Crippen LogP contribution >= 0.6 is 11.8 Å². The summed E-state index contributed by atoms with van der Waals surface area (Å²) in [5, 5.41) is 10.9. The van der Waals surface area contributed by atoms with Gasteiger partial charge in [-0.2, -0.15) is 13.5 Å². The predicted octanol–water partition coefficient (Wildman–Crippen LogP) is 2.03. The fourth-order valence-electron chi connectivity index (χ4n) is 3.15. The molecule has 1 fully saturated rings. The third-order valence-corrected chi connectivity index (χ3v) is 11.4. The Kier molecular flexibility index (Phi) is 6.73. The van der Waals surface area contributed by atoms with E-state index in [4.69, 9.17) is 24.2 Å². The molecule has 31 heavy (non-hydrogen) atoms. The van der Waals surface area contributed by atoms with Crippen LogP contribution in [-0.2, 0) is 23.7 Å². The van der Waals surface area contributed by atoms with Crippen molar-refractivity contribution in [3.63, 3.8) is 0 Å². The molecule has 174 valence electrons. The van der Waals surface area contributed by atoms with Gasteiger partial charge in [0, 0.05) is 6.42 Å². The number of ether oxygens (including phenoxy) is 1. The molecule has 3 heterocycles. The summed E-state index contributed by atoms with van der Waals surface area (Å²) in [6.45, 7) is 10.4. The van der Waals surface area contributed by atoms with Gasteiger partial charge in [-0.25, -0.2) is 19.8 Å². The average Bonchev–Trinajstić information content (AvgIpc) is 3.20. The minimum Gasteiger partial charge on any atom is -0.411 e. The van der Waals surface area contributed by atoms with Crippen LogP contribution in [0.5, 0.6) is 0 Å². The maximum Gasteiger partial charge on any atom is 0.333 e. The van der Waals surface area contributed by atoms with Crippen LogP contribution in [0.25, 0.3) is 11.0 Å². The second-order valence-corrected chi connectivity index (χ2v) is 15.7. The first-order valence-corrected chi connectivity index (χ1v) is 15.4. The quantitative estimate of drug-likeness (QED) is 0.434. The lowest BCUT2D eigenvalue weighted by Gasteiger charge is -2.39. The van der Waals surface area contributed by atoms with Crippen molar-refractivity contribution in [2.45, 2.75) is 68.8 Å². The molecule has 3 atom stereocenters. The summed E-state index contributed by atoms with van der Waals surface area (Å²) in [7, 11) is -6.29. The summed E-state index contributed by atoms with van der Waals surface area (Å²) in [4.78, 5) is 8.40. The SMILES string of the molecule is CSc1nn([C@H]2C[C@H](O[Si](C)(C)C(C)(C)C)[C@@H](COS(N)(=O)=O)O2)c2ncnc(N)c12. The highest BCUT2D eigenvalue weighted by molar-refractivity contribution is 7.98. The van der Waals surface area contributed by atoms with E-state index in [-0.39, 0.29) is 11.6 Å². The number of aromatic nitrogens is 4. The van der Waals surface area contributed by atoms with E-state index >= 15 is 0 Å². The molecular formula is C17H30N6O5S2Si. The maximum atomic E-state index is 11.4. The van der Waals surface area contributed by atoms with Crippen LogP contribution in [0.2, 0.25) is 18.1 Å². The number of nitrogens with two attached hydrogens (primary N) is 2. The van der Waals surface area contributed by atoms with Gasteiger partial charge < -0.3 is 14.9 Å². The second kappa shape index (κ2) is 8.57. The van der Waals surface area contributed by atoms with E-state index in [0.717, 1.165) is 0 Å².